The number of carbonyl (C=O) groups is 2. The molecule has 0 aliphatic heterocycles. The summed E-state index contributed by atoms with van der Waals surface area (Å²) in [6.07, 6.45) is 2.47. The third-order valence-corrected chi connectivity index (χ3v) is 2.90. The van der Waals surface area contributed by atoms with Crippen molar-refractivity contribution in [2.75, 3.05) is 0 Å². The fraction of sp³-hybridized carbons (Fsp3) is 0.0714. The van der Waals surface area contributed by atoms with Crippen LogP contribution in [0.5, 0.6) is 0 Å². The van der Waals surface area contributed by atoms with E-state index < -0.39 is 17.6 Å². The molecule has 6 nitrogen and oxygen atoms in total. The van der Waals surface area contributed by atoms with Gasteiger partial charge >= 0.3 is 11.8 Å². The highest BCUT2D eigenvalue weighted by molar-refractivity contribution is 6.35. The molecule has 0 radical (unpaired) electrons. The Bertz CT molecular complexity index is 681. The lowest BCUT2D eigenvalue weighted by molar-refractivity contribution is -0.139. The average molecular weight is 324 g/mol. The van der Waals surface area contributed by atoms with Crippen LogP contribution >= 0.6 is 11.6 Å². The van der Waals surface area contributed by atoms with E-state index in [1.807, 2.05) is 5.43 Å². The second kappa shape index (κ2) is 7.37. The van der Waals surface area contributed by atoms with E-state index in [1.54, 1.807) is 12.1 Å². The van der Waals surface area contributed by atoms with Crippen molar-refractivity contribution in [2.24, 2.45) is 5.10 Å². The van der Waals surface area contributed by atoms with Gasteiger partial charge in [0.1, 0.15) is 11.6 Å². The highest BCUT2D eigenvalue weighted by atomic mass is 35.5. The molecule has 8 heteroatoms. The van der Waals surface area contributed by atoms with Gasteiger partial charge in [-0.05, 0) is 24.3 Å². The minimum Gasteiger partial charge on any atom is -0.467 e. The number of rotatable bonds is 4. The Morgan fingerprint density at radius 2 is 2.09 bits per heavy atom. The first kappa shape index (κ1) is 15.7. The molecule has 2 amide bonds. The molecule has 0 unspecified atom stereocenters. The fourth-order valence-electron chi connectivity index (χ4n) is 1.50. The molecule has 0 aliphatic carbocycles. The molecule has 0 bridgehead atoms. The van der Waals surface area contributed by atoms with Crippen LogP contribution in [0.4, 0.5) is 4.39 Å². The van der Waals surface area contributed by atoms with Crippen molar-refractivity contribution < 1.29 is 18.4 Å². The average Bonchev–Trinajstić information content (AvgIpc) is 3.01. The van der Waals surface area contributed by atoms with Crippen LogP contribution in [-0.4, -0.2) is 18.0 Å². The van der Waals surface area contributed by atoms with E-state index >= 15 is 0 Å². The van der Waals surface area contributed by atoms with Crippen LogP contribution < -0.4 is 10.7 Å². The van der Waals surface area contributed by atoms with Gasteiger partial charge in [0.2, 0.25) is 0 Å². The molecule has 0 fully saturated rings. The van der Waals surface area contributed by atoms with Crippen molar-refractivity contribution in [1.29, 1.82) is 0 Å². The van der Waals surface area contributed by atoms with Crippen molar-refractivity contribution >= 4 is 29.6 Å². The van der Waals surface area contributed by atoms with Crippen LogP contribution in [0.3, 0.4) is 0 Å². The van der Waals surface area contributed by atoms with Gasteiger partial charge in [-0.15, -0.1) is 0 Å². The summed E-state index contributed by atoms with van der Waals surface area (Å²) >= 11 is 5.78. The molecule has 1 aromatic heterocycles. The fourth-order valence-corrected chi connectivity index (χ4v) is 1.71. The zero-order valence-electron chi connectivity index (χ0n) is 11.2. The third-order valence-electron chi connectivity index (χ3n) is 2.57. The number of hydrogen-bond donors (Lipinski definition) is 2. The van der Waals surface area contributed by atoms with E-state index in [9.17, 15) is 14.0 Å². The Balaban J connectivity index is 1.86. The molecule has 0 spiro atoms. The van der Waals surface area contributed by atoms with Gasteiger partial charge in [0, 0.05) is 5.56 Å². The Morgan fingerprint density at radius 1 is 1.27 bits per heavy atom. The van der Waals surface area contributed by atoms with Crippen LogP contribution in [0.2, 0.25) is 5.02 Å². The van der Waals surface area contributed by atoms with Gasteiger partial charge in [-0.3, -0.25) is 9.59 Å². The quantitative estimate of drug-likeness (QED) is 0.511. The van der Waals surface area contributed by atoms with E-state index in [4.69, 9.17) is 16.0 Å². The van der Waals surface area contributed by atoms with Crippen molar-refractivity contribution in [3.05, 3.63) is 58.8 Å². The predicted octanol–water partition coefficient (Wildman–Crippen LogP) is 1.84. The van der Waals surface area contributed by atoms with Gasteiger partial charge in [0.05, 0.1) is 24.0 Å². The van der Waals surface area contributed by atoms with Gasteiger partial charge in [0.15, 0.2) is 0 Å². The van der Waals surface area contributed by atoms with Crippen LogP contribution in [0.1, 0.15) is 11.3 Å². The van der Waals surface area contributed by atoms with Gasteiger partial charge in [-0.25, -0.2) is 9.82 Å². The third kappa shape index (κ3) is 4.16. The first-order valence-electron chi connectivity index (χ1n) is 6.15. The summed E-state index contributed by atoms with van der Waals surface area (Å²) in [4.78, 5) is 22.9. The molecule has 114 valence electrons. The molecule has 2 aromatic rings. The summed E-state index contributed by atoms with van der Waals surface area (Å²) in [6, 6.07) is 7.42. The summed E-state index contributed by atoms with van der Waals surface area (Å²) in [5, 5.41) is 5.97. The second-order valence-electron chi connectivity index (χ2n) is 4.10. The molecule has 2 rings (SSSR count). The number of furan rings is 1. The summed E-state index contributed by atoms with van der Waals surface area (Å²) in [7, 11) is 0. The number of hydrogen-bond acceptors (Lipinski definition) is 4. The summed E-state index contributed by atoms with van der Waals surface area (Å²) in [6.45, 7) is 0.0715. The molecule has 2 N–H and O–H groups in total. The molecular weight excluding hydrogens is 313 g/mol. The topological polar surface area (TPSA) is 83.7 Å². The minimum atomic E-state index is -0.990. The van der Waals surface area contributed by atoms with E-state index in [-0.39, 0.29) is 17.1 Å². The van der Waals surface area contributed by atoms with Gasteiger partial charge in [-0.2, -0.15) is 5.10 Å². The smallest absolute Gasteiger partial charge is 0.329 e. The van der Waals surface area contributed by atoms with Crippen LogP contribution in [0.25, 0.3) is 0 Å². The Hall–Kier alpha value is -2.67. The lowest BCUT2D eigenvalue weighted by Crippen LogP contribution is -2.37. The maximum atomic E-state index is 13.4. The van der Waals surface area contributed by atoms with Crippen molar-refractivity contribution in [3.8, 4) is 0 Å². The highest BCUT2D eigenvalue weighted by Crippen LogP contribution is 2.16. The summed E-state index contributed by atoms with van der Waals surface area (Å²) < 4.78 is 18.4. The Labute approximate surface area is 129 Å². The predicted molar refractivity (Wildman–Crippen MR) is 77.7 cm³/mol. The zero-order chi connectivity index (χ0) is 15.9. The molecule has 0 saturated heterocycles. The first-order chi connectivity index (χ1) is 10.6. The number of nitrogens with zero attached hydrogens (tertiary/aromatic N) is 1. The lowest BCUT2D eigenvalue weighted by atomic mass is 10.2. The Kier molecular flexibility index (Phi) is 5.26. The van der Waals surface area contributed by atoms with Gasteiger partial charge in [0.25, 0.3) is 0 Å². The van der Waals surface area contributed by atoms with Crippen molar-refractivity contribution in [1.82, 2.24) is 10.7 Å². The first-order valence-corrected chi connectivity index (χ1v) is 6.53. The largest absolute Gasteiger partial charge is 0.467 e. The Morgan fingerprint density at radius 3 is 2.77 bits per heavy atom. The normalized spacial score (nSPS) is 10.6. The molecule has 1 heterocycles. The standard InChI is InChI=1S/C14H11ClFN3O3/c15-11-4-1-5-12(16)10(11)8-18-19-14(21)13(20)17-7-9-3-2-6-22-9/h1-6,8H,7H2,(H,17,20)(H,19,21)/b18-8+. The summed E-state index contributed by atoms with van der Waals surface area (Å²) in [5.74, 6) is -1.97. The lowest BCUT2D eigenvalue weighted by Gasteiger charge is -2.02. The maximum absolute atomic E-state index is 13.4. The van der Waals surface area contributed by atoms with Crippen molar-refractivity contribution in [3.63, 3.8) is 0 Å². The van der Waals surface area contributed by atoms with E-state index in [2.05, 4.69) is 10.4 Å². The molecule has 0 atom stereocenters. The number of hydrazone groups is 1. The molecule has 22 heavy (non-hydrogen) atoms. The second-order valence-corrected chi connectivity index (χ2v) is 4.50. The number of carbonyl (C=O) groups excluding carboxylic acids is 2. The zero-order valence-corrected chi connectivity index (χ0v) is 11.9. The van der Waals surface area contributed by atoms with E-state index in [0.29, 0.717) is 5.76 Å². The van der Waals surface area contributed by atoms with Crippen LogP contribution in [-0.2, 0) is 16.1 Å². The SMILES string of the molecule is O=C(NCc1ccco1)C(=O)N/N=C/c1c(F)cccc1Cl. The van der Waals surface area contributed by atoms with Gasteiger partial charge in [-0.1, -0.05) is 17.7 Å². The highest BCUT2D eigenvalue weighted by Gasteiger charge is 2.12. The van der Waals surface area contributed by atoms with Crippen molar-refractivity contribution in [2.45, 2.75) is 6.54 Å². The maximum Gasteiger partial charge on any atom is 0.329 e. The molecule has 1 aromatic carbocycles. The molecule has 0 aliphatic rings. The van der Waals surface area contributed by atoms with E-state index in [1.165, 1.54) is 24.5 Å². The van der Waals surface area contributed by atoms with Crippen LogP contribution in [0, 0.1) is 5.82 Å². The molecular formula is C14H11ClFN3O3. The number of amides is 2. The van der Waals surface area contributed by atoms with E-state index in [0.717, 1.165) is 6.21 Å². The minimum absolute atomic E-state index is 0.0143. The summed E-state index contributed by atoms with van der Waals surface area (Å²) in [5.41, 5.74) is 1.99. The number of halogens is 2. The van der Waals surface area contributed by atoms with Crippen LogP contribution in [0.15, 0.2) is 46.1 Å². The molecule has 0 saturated carbocycles. The number of nitrogens with one attached hydrogen (secondary N) is 2. The number of benzene rings is 1. The van der Waals surface area contributed by atoms with Gasteiger partial charge < -0.3 is 9.73 Å². The monoisotopic (exact) mass is 323 g/mol.